The third-order valence-corrected chi connectivity index (χ3v) is 4.10. The second-order valence-corrected chi connectivity index (χ2v) is 5.22. The second-order valence-electron chi connectivity index (χ2n) is 5.22. The zero-order chi connectivity index (χ0) is 11.8. The van der Waals surface area contributed by atoms with Crippen molar-refractivity contribution in [2.75, 3.05) is 6.54 Å². The maximum atomic E-state index is 12.3. The molecule has 1 atom stereocenters. The molecule has 1 aromatic heterocycles. The summed E-state index contributed by atoms with van der Waals surface area (Å²) in [7, 11) is 0. The quantitative estimate of drug-likeness (QED) is 0.789. The Kier molecular flexibility index (Phi) is 2.65. The molecular formula is C13H18N2O2. The maximum absolute atomic E-state index is 12.3. The number of aryl methyl sites for hydroxylation is 1. The fourth-order valence-electron chi connectivity index (χ4n) is 2.97. The van der Waals surface area contributed by atoms with Gasteiger partial charge in [-0.25, -0.2) is 0 Å². The first kappa shape index (κ1) is 10.8. The fourth-order valence-corrected chi connectivity index (χ4v) is 2.97. The van der Waals surface area contributed by atoms with Crippen LogP contribution in [0.3, 0.4) is 0 Å². The van der Waals surface area contributed by atoms with Crippen molar-refractivity contribution < 1.29 is 9.32 Å². The van der Waals surface area contributed by atoms with Crippen molar-refractivity contribution in [3.05, 3.63) is 17.5 Å². The largest absolute Gasteiger partial charge is 0.361 e. The van der Waals surface area contributed by atoms with Gasteiger partial charge >= 0.3 is 0 Å². The first-order valence-corrected chi connectivity index (χ1v) is 6.50. The van der Waals surface area contributed by atoms with Crippen LogP contribution in [0.25, 0.3) is 0 Å². The minimum Gasteiger partial charge on any atom is -0.361 e. The Balaban J connectivity index is 1.76. The smallest absolute Gasteiger partial charge is 0.276 e. The van der Waals surface area contributed by atoms with Gasteiger partial charge in [-0.15, -0.1) is 0 Å². The highest BCUT2D eigenvalue weighted by molar-refractivity contribution is 5.92. The minimum atomic E-state index is 0.0521. The molecule has 2 aliphatic rings. The van der Waals surface area contributed by atoms with E-state index in [2.05, 4.69) is 5.16 Å². The lowest BCUT2D eigenvalue weighted by atomic mass is 9.79. The van der Waals surface area contributed by atoms with E-state index >= 15 is 0 Å². The van der Waals surface area contributed by atoms with Crippen molar-refractivity contribution in [3.8, 4) is 0 Å². The third kappa shape index (κ3) is 1.85. The Bertz CT molecular complexity index is 423. The molecule has 0 aromatic carbocycles. The van der Waals surface area contributed by atoms with Gasteiger partial charge in [0.05, 0.1) is 0 Å². The molecule has 92 valence electrons. The average molecular weight is 234 g/mol. The Morgan fingerprint density at radius 1 is 1.41 bits per heavy atom. The first-order valence-electron chi connectivity index (χ1n) is 6.50. The molecule has 4 nitrogen and oxygen atoms in total. The molecule has 0 bridgehead atoms. The fraction of sp³-hybridized carbons (Fsp3) is 0.692. The Hall–Kier alpha value is -1.32. The number of rotatable bonds is 2. The summed E-state index contributed by atoms with van der Waals surface area (Å²) >= 11 is 0. The Morgan fingerprint density at radius 3 is 2.82 bits per heavy atom. The highest BCUT2D eigenvalue weighted by Crippen LogP contribution is 2.37. The second kappa shape index (κ2) is 4.17. The van der Waals surface area contributed by atoms with Crippen molar-refractivity contribution in [2.45, 2.75) is 45.1 Å². The van der Waals surface area contributed by atoms with Crippen LogP contribution in [0.4, 0.5) is 0 Å². The Labute approximate surface area is 101 Å². The van der Waals surface area contributed by atoms with Gasteiger partial charge in [-0.05, 0) is 38.5 Å². The lowest BCUT2D eigenvalue weighted by Gasteiger charge is -2.36. The van der Waals surface area contributed by atoms with Crippen LogP contribution in [0.2, 0.25) is 0 Å². The van der Waals surface area contributed by atoms with Crippen LogP contribution in [0.5, 0.6) is 0 Å². The Morgan fingerprint density at radius 2 is 2.24 bits per heavy atom. The molecule has 1 aromatic rings. The van der Waals surface area contributed by atoms with Crippen molar-refractivity contribution in [1.82, 2.24) is 10.1 Å². The topological polar surface area (TPSA) is 46.3 Å². The molecule has 1 unspecified atom stereocenters. The van der Waals surface area contributed by atoms with E-state index in [1.807, 2.05) is 11.8 Å². The summed E-state index contributed by atoms with van der Waals surface area (Å²) in [6.07, 6.45) is 6.18. The lowest BCUT2D eigenvalue weighted by molar-refractivity contribution is 0.0616. The molecule has 1 saturated carbocycles. The molecule has 2 fully saturated rings. The molecule has 2 heterocycles. The maximum Gasteiger partial charge on any atom is 0.276 e. The van der Waals surface area contributed by atoms with Crippen LogP contribution >= 0.6 is 0 Å². The summed E-state index contributed by atoms with van der Waals surface area (Å²) in [5.41, 5.74) is 0.466. The van der Waals surface area contributed by atoms with E-state index in [-0.39, 0.29) is 5.91 Å². The van der Waals surface area contributed by atoms with E-state index in [1.165, 1.54) is 19.3 Å². The number of hydrogen-bond donors (Lipinski definition) is 0. The van der Waals surface area contributed by atoms with Gasteiger partial charge < -0.3 is 9.42 Å². The van der Waals surface area contributed by atoms with Gasteiger partial charge in [0, 0.05) is 18.7 Å². The molecule has 1 aliphatic heterocycles. The molecule has 1 aliphatic carbocycles. The molecule has 0 radical (unpaired) electrons. The van der Waals surface area contributed by atoms with E-state index in [4.69, 9.17) is 4.52 Å². The van der Waals surface area contributed by atoms with Crippen LogP contribution in [0.15, 0.2) is 10.6 Å². The number of aromatic nitrogens is 1. The molecule has 4 heteroatoms. The van der Waals surface area contributed by atoms with E-state index in [0.717, 1.165) is 25.3 Å². The van der Waals surface area contributed by atoms with Gasteiger partial charge in [-0.2, -0.15) is 0 Å². The predicted molar refractivity (Wildman–Crippen MR) is 62.6 cm³/mol. The number of carbonyl (C=O) groups is 1. The molecular weight excluding hydrogens is 216 g/mol. The number of carbonyl (C=O) groups excluding carboxylic acids is 1. The van der Waals surface area contributed by atoms with Crippen LogP contribution in [-0.2, 0) is 0 Å². The van der Waals surface area contributed by atoms with Gasteiger partial charge in [-0.1, -0.05) is 11.6 Å². The van der Waals surface area contributed by atoms with Crippen molar-refractivity contribution in [2.24, 2.45) is 5.92 Å². The van der Waals surface area contributed by atoms with Crippen molar-refractivity contribution in [1.29, 1.82) is 0 Å². The summed E-state index contributed by atoms with van der Waals surface area (Å²) in [6.45, 7) is 2.70. The number of hydrogen-bond acceptors (Lipinski definition) is 3. The van der Waals surface area contributed by atoms with Gasteiger partial charge in [0.15, 0.2) is 5.69 Å². The number of nitrogens with zero attached hydrogens (tertiary/aromatic N) is 2. The first-order chi connectivity index (χ1) is 8.25. The lowest BCUT2D eigenvalue weighted by Crippen LogP contribution is -2.42. The summed E-state index contributed by atoms with van der Waals surface area (Å²) < 4.78 is 4.98. The van der Waals surface area contributed by atoms with Crippen LogP contribution in [0, 0.1) is 12.8 Å². The highest BCUT2D eigenvalue weighted by atomic mass is 16.5. The molecule has 17 heavy (non-hydrogen) atoms. The molecule has 1 saturated heterocycles. The van der Waals surface area contributed by atoms with Crippen LogP contribution in [-0.4, -0.2) is 28.6 Å². The predicted octanol–water partition coefficient (Wildman–Crippen LogP) is 2.39. The van der Waals surface area contributed by atoms with E-state index in [0.29, 0.717) is 17.5 Å². The third-order valence-electron chi connectivity index (χ3n) is 4.10. The summed E-state index contributed by atoms with van der Waals surface area (Å²) in [4.78, 5) is 14.3. The SMILES string of the molecule is Cc1cc(C(=O)N2CCCC2C2CCC2)no1. The molecule has 3 rings (SSSR count). The zero-order valence-corrected chi connectivity index (χ0v) is 10.2. The summed E-state index contributed by atoms with van der Waals surface area (Å²) in [5, 5.41) is 3.83. The average Bonchev–Trinajstić information content (AvgIpc) is 2.84. The zero-order valence-electron chi connectivity index (χ0n) is 10.2. The number of likely N-dealkylation sites (tertiary alicyclic amines) is 1. The van der Waals surface area contributed by atoms with E-state index in [9.17, 15) is 4.79 Å². The van der Waals surface area contributed by atoms with Crippen molar-refractivity contribution >= 4 is 5.91 Å². The van der Waals surface area contributed by atoms with Crippen LogP contribution in [0.1, 0.15) is 48.4 Å². The van der Waals surface area contributed by atoms with Crippen molar-refractivity contribution in [3.63, 3.8) is 0 Å². The monoisotopic (exact) mass is 234 g/mol. The van der Waals surface area contributed by atoms with Gasteiger partial charge in [0.1, 0.15) is 5.76 Å². The van der Waals surface area contributed by atoms with Gasteiger partial charge in [-0.3, -0.25) is 4.79 Å². The molecule has 0 N–H and O–H groups in total. The normalized spacial score (nSPS) is 25.0. The summed E-state index contributed by atoms with van der Waals surface area (Å²) in [6, 6.07) is 2.19. The minimum absolute atomic E-state index is 0.0521. The number of amides is 1. The van der Waals surface area contributed by atoms with Crippen LogP contribution < -0.4 is 0 Å². The molecule has 1 amide bonds. The molecule has 0 spiro atoms. The summed E-state index contributed by atoms with van der Waals surface area (Å²) in [5.74, 6) is 1.48. The van der Waals surface area contributed by atoms with E-state index < -0.39 is 0 Å². The van der Waals surface area contributed by atoms with Gasteiger partial charge in [0.25, 0.3) is 5.91 Å². The highest BCUT2D eigenvalue weighted by Gasteiger charge is 2.38. The standard InChI is InChI=1S/C13H18N2O2/c1-9-8-11(14-17-9)13(16)15-7-3-6-12(15)10-4-2-5-10/h8,10,12H,2-7H2,1H3. The van der Waals surface area contributed by atoms with E-state index in [1.54, 1.807) is 6.07 Å². The van der Waals surface area contributed by atoms with Gasteiger partial charge in [0.2, 0.25) is 0 Å².